The number of amides is 2. The fraction of sp³-hybridized carbons (Fsp3) is 0.517. The number of aryl methyl sites for hydroxylation is 1. The maximum Gasteiger partial charge on any atom is 0.257 e. The molecule has 2 amide bonds. The molecule has 3 fully saturated rings. The van der Waals surface area contributed by atoms with Crippen LogP contribution in [0.1, 0.15) is 99.4 Å². The van der Waals surface area contributed by atoms with Crippen LogP contribution in [0.5, 0.6) is 5.75 Å². The molecule has 23 heteroatoms. The fourth-order valence-electron chi connectivity index (χ4n) is 11.3. The topological polar surface area (TPSA) is 234 Å². The van der Waals surface area contributed by atoms with Crippen LogP contribution in [0.3, 0.4) is 0 Å². The summed E-state index contributed by atoms with van der Waals surface area (Å²) in [6.07, 6.45) is 5.96. The highest BCUT2D eigenvalue weighted by Crippen LogP contribution is 2.42. The molecule has 8 heterocycles. The number of carbonyl (C=O) groups is 2. The predicted octanol–water partition coefficient (Wildman–Crippen LogP) is 5.42. The molecule has 6 aromatic rings. The molecule has 81 heavy (non-hydrogen) atoms. The Morgan fingerprint density at radius 2 is 1.64 bits per heavy atom. The monoisotopic (exact) mass is 1130 g/mol. The number of ether oxygens (including phenoxy) is 1. The van der Waals surface area contributed by atoms with Gasteiger partial charge >= 0.3 is 0 Å². The number of sulfone groups is 1. The maximum absolute atomic E-state index is 14.4. The number of nitrogens with zero attached hydrogens (tertiary/aromatic N) is 12. The molecule has 4 aliphatic heterocycles. The Kier molecular flexibility index (Phi) is 16.5. The normalized spacial score (nSPS) is 20.6. The molecule has 0 saturated carbocycles. The summed E-state index contributed by atoms with van der Waals surface area (Å²) in [7, 11) is -3.84. The standard InChI is InChI=1S/C58H76FN15O6S/c1-36-30-73(33-50(75)74-34-58(8,9)52-47(74)23-41(26-61-52)51(76)40-11-13-43(59)14-12-40)44(29-60-36)32-71-20-21-72(31-37(71)2)56-62-27-42(28-63-56)55(77)70-18-16-69(17-19-70)15-10-22-80-48-25-46-45(24-49(48)81(78,79)57(5,6)7)54(65-35-64-46)66-53-38(3)39(4)67-68-53/h11-14,23-28,35-37,44,51,60,76H,10,15-22,29-34H2,1-9H3,(H2,64,65,66,67,68)/t36-,37?,44-,51?/m1/s1. The Bertz CT molecular complexity index is 3370. The van der Waals surface area contributed by atoms with Crippen molar-refractivity contribution in [3.63, 3.8) is 0 Å². The van der Waals surface area contributed by atoms with Crippen molar-refractivity contribution in [1.82, 2.24) is 60.0 Å². The second-order valence-electron chi connectivity index (χ2n) is 23.8. The molecule has 21 nitrogen and oxygen atoms in total. The van der Waals surface area contributed by atoms with Gasteiger partial charge in [-0.15, -0.1) is 0 Å². The van der Waals surface area contributed by atoms with Crippen molar-refractivity contribution in [2.45, 2.75) is 108 Å². The Balaban J connectivity index is 0.696. The number of aliphatic hydroxyl groups is 1. The first kappa shape index (κ1) is 57.5. The van der Waals surface area contributed by atoms with Crippen LogP contribution in [-0.4, -0.2) is 195 Å². The van der Waals surface area contributed by atoms with Crippen LogP contribution in [0.25, 0.3) is 10.9 Å². The number of hydrogen-bond donors (Lipinski definition) is 4. The van der Waals surface area contributed by atoms with Crippen molar-refractivity contribution < 1.29 is 32.2 Å². The second kappa shape index (κ2) is 23.2. The minimum Gasteiger partial charge on any atom is -0.492 e. The summed E-state index contributed by atoms with van der Waals surface area (Å²) in [6.45, 7) is 25.9. The fourth-order valence-corrected chi connectivity index (χ4v) is 12.6. The number of anilines is 4. The van der Waals surface area contributed by atoms with Gasteiger partial charge in [-0.05, 0) is 84.7 Å². The minimum atomic E-state index is -3.84. The quantitative estimate of drug-likeness (QED) is 0.0887. The highest BCUT2D eigenvalue weighted by atomic mass is 32.2. The van der Waals surface area contributed by atoms with E-state index in [1.165, 1.54) is 18.5 Å². The number of carbonyl (C=O) groups excluding carboxylic acids is 2. The Morgan fingerprint density at radius 3 is 2.33 bits per heavy atom. The molecule has 2 unspecified atom stereocenters. The van der Waals surface area contributed by atoms with E-state index in [2.05, 4.69) is 78.1 Å². The molecule has 0 spiro atoms. The van der Waals surface area contributed by atoms with Crippen LogP contribution in [0.15, 0.2) is 72.3 Å². The van der Waals surface area contributed by atoms with E-state index in [1.807, 2.05) is 29.7 Å². The van der Waals surface area contributed by atoms with E-state index in [1.54, 1.807) is 63.6 Å². The van der Waals surface area contributed by atoms with Gasteiger partial charge in [0.1, 0.15) is 34.7 Å². The number of nitrogens with one attached hydrogen (secondary N) is 3. The molecule has 0 aliphatic carbocycles. The first-order valence-corrected chi connectivity index (χ1v) is 29.5. The molecule has 0 radical (unpaired) electrons. The zero-order valence-corrected chi connectivity index (χ0v) is 48.7. The number of aromatic amines is 1. The van der Waals surface area contributed by atoms with Crippen molar-refractivity contribution in [3.8, 4) is 5.75 Å². The molecule has 2 aromatic carbocycles. The minimum absolute atomic E-state index is 0.0163. The van der Waals surface area contributed by atoms with E-state index >= 15 is 0 Å². The number of piperazine rings is 3. The third-order valence-electron chi connectivity index (χ3n) is 16.4. The van der Waals surface area contributed by atoms with E-state index in [-0.39, 0.29) is 65.0 Å². The van der Waals surface area contributed by atoms with Crippen molar-refractivity contribution >= 4 is 55.8 Å². The van der Waals surface area contributed by atoms with Crippen LogP contribution in [0, 0.1) is 19.7 Å². The lowest BCUT2D eigenvalue weighted by Crippen LogP contribution is -2.63. The molecule has 10 rings (SSSR count). The zero-order chi connectivity index (χ0) is 57.5. The largest absolute Gasteiger partial charge is 0.492 e. The van der Waals surface area contributed by atoms with E-state index in [0.717, 1.165) is 43.1 Å². The molecular weight excluding hydrogens is 1050 g/mol. The molecule has 4 atom stereocenters. The average molecular weight is 1130 g/mol. The third-order valence-corrected chi connectivity index (χ3v) is 19.0. The van der Waals surface area contributed by atoms with Gasteiger partial charge in [0.05, 0.1) is 40.4 Å². The molecule has 4 aliphatic rings. The molecule has 0 bridgehead atoms. The summed E-state index contributed by atoms with van der Waals surface area (Å²) in [5, 5.41) is 25.9. The van der Waals surface area contributed by atoms with Gasteiger partial charge in [0.25, 0.3) is 5.91 Å². The number of rotatable bonds is 16. The first-order chi connectivity index (χ1) is 38.5. The number of H-pyrrole nitrogens is 1. The number of aromatic nitrogens is 7. The van der Waals surface area contributed by atoms with Crippen LogP contribution in [0.4, 0.5) is 27.7 Å². The summed E-state index contributed by atoms with van der Waals surface area (Å²) >= 11 is 0. The number of aliphatic hydroxyl groups excluding tert-OH is 1. The summed E-state index contributed by atoms with van der Waals surface area (Å²) in [5.74, 6) is 1.34. The van der Waals surface area contributed by atoms with Gasteiger partial charge in [0.15, 0.2) is 15.7 Å². The Morgan fingerprint density at radius 1 is 0.901 bits per heavy atom. The van der Waals surface area contributed by atoms with Gasteiger partial charge in [-0.2, -0.15) is 5.10 Å². The summed E-state index contributed by atoms with van der Waals surface area (Å²) in [5.41, 5.74) is 5.02. The zero-order valence-electron chi connectivity index (χ0n) is 47.9. The predicted molar refractivity (Wildman–Crippen MR) is 308 cm³/mol. The first-order valence-electron chi connectivity index (χ1n) is 28.0. The van der Waals surface area contributed by atoms with Crippen molar-refractivity contribution in [2.75, 3.05) is 107 Å². The van der Waals surface area contributed by atoms with Gasteiger partial charge in [0, 0.05) is 149 Å². The number of pyridine rings is 1. The van der Waals surface area contributed by atoms with Crippen LogP contribution < -0.4 is 25.2 Å². The van der Waals surface area contributed by atoms with Gasteiger partial charge in [0.2, 0.25) is 11.9 Å². The molecule has 432 valence electrons. The Hall–Kier alpha value is -6.76. The molecular formula is C58H76FN15O6S. The average Bonchev–Trinajstić information content (AvgIpc) is 4.13. The third kappa shape index (κ3) is 12.2. The smallest absolute Gasteiger partial charge is 0.257 e. The second-order valence-corrected chi connectivity index (χ2v) is 26.5. The van der Waals surface area contributed by atoms with E-state index in [9.17, 15) is 27.5 Å². The van der Waals surface area contributed by atoms with Crippen LogP contribution in [-0.2, 0) is 20.0 Å². The maximum atomic E-state index is 14.4. The molecule has 4 N–H and O–H groups in total. The van der Waals surface area contributed by atoms with Crippen LogP contribution >= 0.6 is 0 Å². The summed E-state index contributed by atoms with van der Waals surface area (Å²) in [4.78, 5) is 64.1. The SMILES string of the molecule is Cc1[nH]nc(Nc2ncnc3cc(OCCCN4CCN(C(=O)c5cnc(N6CCN(C[C@H]7CN[C@H](C)CN7CC(=O)N7CC(C)(C)c8ncc(C(O)c9ccc(F)cc9)cc87)C(C)C6)nc5)CC4)c(S(=O)(=O)C(C)(C)C)cc23)c1C. The van der Waals surface area contributed by atoms with E-state index in [4.69, 9.17) is 19.7 Å². The van der Waals surface area contributed by atoms with Crippen LogP contribution in [0.2, 0.25) is 0 Å². The highest BCUT2D eigenvalue weighted by Gasteiger charge is 2.42. The highest BCUT2D eigenvalue weighted by molar-refractivity contribution is 7.92. The van der Waals surface area contributed by atoms with E-state index < -0.39 is 20.7 Å². The number of hydrogen-bond acceptors (Lipinski definition) is 18. The van der Waals surface area contributed by atoms with Crippen molar-refractivity contribution in [3.05, 3.63) is 107 Å². The van der Waals surface area contributed by atoms with Gasteiger partial charge < -0.3 is 35.2 Å². The lowest BCUT2D eigenvalue weighted by Gasteiger charge is -2.45. The number of halogens is 1. The summed E-state index contributed by atoms with van der Waals surface area (Å²) in [6, 6.07) is 11.3. The Labute approximate surface area is 473 Å². The van der Waals surface area contributed by atoms with Crippen molar-refractivity contribution in [1.29, 1.82) is 0 Å². The van der Waals surface area contributed by atoms with E-state index in [0.29, 0.717) is 110 Å². The van der Waals surface area contributed by atoms with Gasteiger partial charge in [-0.25, -0.2) is 32.7 Å². The van der Waals surface area contributed by atoms with Gasteiger partial charge in [-0.3, -0.25) is 34.4 Å². The molecule has 3 saturated heterocycles. The molecule has 4 aromatic heterocycles. The number of benzene rings is 2. The van der Waals surface area contributed by atoms with Gasteiger partial charge in [-0.1, -0.05) is 26.0 Å². The lowest BCUT2D eigenvalue weighted by atomic mass is 9.90. The number of fused-ring (bicyclic) bond motifs is 2. The summed E-state index contributed by atoms with van der Waals surface area (Å²) < 4.78 is 46.8. The van der Waals surface area contributed by atoms with Crippen molar-refractivity contribution in [2.24, 2.45) is 0 Å². The lowest BCUT2D eigenvalue weighted by molar-refractivity contribution is -0.120.